The molecule has 0 spiro atoms. The molecule has 1 atom stereocenters. The molecular weight excluding hydrogens is 336 g/mol. The highest BCUT2D eigenvalue weighted by atomic mass is 35.5. The summed E-state index contributed by atoms with van der Waals surface area (Å²) < 4.78 is 0. The van der Waals surface area contributed by atoms with Gasteiger partial charge in [-0.2, -0.15) is 4.98 Å². The maximum absolute atomic E-state index is 10.7. The van der Waals surface area contributed by atoms with E-state index in [1.54, 1.807) is 36.7 Å². The number of thiazole rings is 1. The van der Waals surface area contributed by atoms with Gasteiger partial charge in [0.2, 0.25) is 5.95 Å². The average Bonchev–Trinajstić information content (AvgIpc) is 3.06. The Hall–Kier alpha value is -2.29. The Bertz CT molecular complexity index is 824. The predicted octanol–water partition coefficient (Wildman–Crippen LogP) is 2.56. The van der Waals surface area contributed by atoms with Crippen LogP contribution in [0.25, 0.3) is 0 Å². The lowest BCUT2D eigenvalue weighted by Crippen LogP contribution is -2.24. The molecule has 0 aliphatic carbocycles. The second-order valence-electron chi connectivity index (χ2n) is 4.87. The Balaban J connectivity index is 1.93. The van der Waals surface area contributed by atoms with E-state index in [-0.39, 0.29) is 5.95 Å². The van der Waals surface area contributed by atoms with Crippen LogP contribution in [-0.2, 0) is 5.60 Å². The van der Waals surface area contributed by atoms with Gasteiger partial charge in [-0.25, -0.2) is 15.0 Å². The van der Waals surface area contributed by atoms with Gasteiger partial charge in [-0.1, -0.05) is 17.7 Å². The van der Waals surface area contributed by atoms with E-state index in [2.05, 4.69) is 25.3 Å². The second kappa shape index (κ2) is 6.07. The van der Waals surface area contributed by atoms with Crippen molar-refractivity contribution in [1.82, 2.24) is 19.9 Å². The summed E-state index contributed by atoms with van der Waals surface area (Å²) in [4.78, 5) is 16.4. The summed E-state index contributed by atoms with van der Waals surface area (Å²) in [5.74, 6) is 0.917. The van der Waals surface area contributed by atoms with Gasteiger partial charge in [-0.3, -0.25) is 0 Å². The number of aromatic nitrogens is 4. The third-order valence-electron chi connectivity index (χ3n) is 3.11. The van der Waals surface area contributed by atoms with Crippen molar-refractivity contribution in [2.24, 2.45) is 0 Å². The number of pyridine rings is 1. The van der Waals surface area contributed by atoms with Crippen molar-refractivity contribution in [2.45, 2.75) is 12.5 Å². The molecular formula is C14H13ClN6OS. The third kappa shape index (κ3) is 3.24. The van der Waals surface area contributed by atoms with E-state index >= 15 is 0 Å². The zero-order valence-corrected chi connectivity index (χ0v) is 13.6. The molecule has 7 nitrogen and oxygen atoms in total. The van der Waals surface area contributed by atoms with Gasteiger partial charge in [0.15, 0.2) is 11.4 Å². The van der Waals surface area contributed by atoms with Crippen LogP contribution in [0.1, 0.15) is 17.6 Å². The monoisotopic (exact) mass is 348 g/mol. The Morgan fingerprint density at radius 3 is 2.87 bits per heavy atom. The molecule has 3 aromatic rings. The first-order chi connectivity index (χ1) is 11.0. The highest BCUT2D eigenvalue weighted by molar-refractivity contribution is 7.09. The highest BCUT2D eigenvalue weighted by Crippen LogP contribution is 2.30. The van der Waals surface area contributed by atoms with E-state index in [4.69, 9.17) is 17.3 Å². The smallest absolute Gasteiger partial charge is 0.222 e. The van der Waals surface area contributed by atoms with Crippen molar-refractivity contribution in [3.05, 3.63) is 51.7 Å². The van der Waals surface area contributed by atoms with E-state index in [1.165, 1.54) is 17.5 Å². The number of rotatable bonds is 4. The lowest BCUT2D eigenvalue weighted by atomic mass is 10.0. The van der Waals surface area contributed by atoms with Gasteiger partial charge >= 0.3 is 0 Å². The van der Waals surface area contributed by atoms with Gasteiger partial charge < -0.3 is 16.2 Å². The molecule has 0 aromatic carbocycles. The highest BCUT2D eigenvalue weighted by Gasteiger charge is 2.30. The fraction of sp³-hybridized carbons (Fsp3) is 0.143. The summed E-state index contributed by atoms with van der Waals surface area (Å²) in [6.07, 6.45) is 3.04. The van der Waals surface area contributed by atoms with Crippen LogP contribution < -0.4 is 11.1 Å². The first kappa shape index (κ1) is 15.6. The Labute approximate surface area is 141 Å². The molecule has 0 fully saturated rings. The van der Waals surface area contributed by atoms with E-state index in [0.717, 1.165) is 0 Å². The minimum atomic E-state index is -1.29. The number of aliphatic hydroxyl groups is 1. The topological polar surface area (TPSA) is 110 Å². The number of nitrogens with two attached hydrogens (primary N) is 1. The third-order valence-corrected chi connectivity index (χ3v) is 4.37. The maximum Gasteiger partial charge on any atom is 0.222 e. The van der Waals surface area contributed by atoms with Crippen LogP contribution in [0.2, 0.25) is 5.02 Å². The standard InChI is InChI=1S/C14H13ClN6OS/c1-14(22,12-17-5-6-23-12)9-3-2-4-10(19-9)20-11-8(15)7-18-13(16)21-11/h2-7,22H,1H3,(H3,16,18,19,20,21). The van der Waals surface area contributed by atoms with Crippen molar-refractivity contribution >= 4 is 40.5 Å². The molecule has 0 aliphatic heterocycles. The molecule has 1 unspecified atom stereocenters. The number of anilines is 3. The number of nitrogens with zero attached hydrogens (tertiary/aromatic N) is 4. The molecule has 0 radical (unpaired) electrons. The SMILES string of the molecule is CC(O)(c1cccc(Nc2nc(N)ncc2Cl)n1)c1nccs1. The Morgan fingerprint density at radius 2 is 2.13 bits per heavy atom. The minimum absolute atomic E-state index is 0.0998. The molecule has 23 heavy (non-hydrogen) atoms. The lowest BCUT2D eigenvalue weighted by Gasteiger charge is -2.20. The molecule has 9 heteroatoms. The zero-order valence-electron chi connectivity index (χ0n) is 12.1. The van der Waals surface area contributed by atoms with Crippen LogP contribution in [0, 0.1) is 0 Å². The largest absolute Gasteiger partial charge is 0.377 e. The molecule has 0 bridgehead atoms. The summed E-state index contributed by atoms with van der Waals surface area (Å²) in [5, 5.41) is 16.4. The molecule has 3 aromatic heterocycles. The summed E-state index contributed by atoms with van der Waals surface area (Å²) in [5.41, 5.74) is 4.72. The van der Waals surface area contributed by atoms with E-state index < -0.39 is 5.60 Å². The molecule has 0 amide bonds. The number of hydrogen-bond donors (Lipinski definition) is 3. The molecule has 4 N–H and O–H groups in total. The van der Waals surface area contributed by atoms with Crippen LogP contribution in [0.4, 0.5) is 17.6 Å². The molecule has 3 heterocycles. The van der Waals surface area contributed by atoms with Crippen LogP contribution >= 0.6 is 22.9 Å². The van der Waals surface area contributed by atoms with Crippen LogP contribution in [0.3, 0.4) is 0 Å². The molecule has 118 valence electrons. The Morgan fingerprint density at radius 1 is 1.30 bits per heavy atom. The first-order valence-corrected chi connectivity index (χ1v) is 7.87. The summed E-state index contributed by atoms with van der Waals surface area (Å²) >= 11 is 7.39. The second-order valence-corrected chi connectivity index (χ2v) is 6.17. The van der Waals surface area contributed by atoms with Crippen molar-refractivity contribution in [2.75, 3.05) is 11.1 Å². The summed E-state index contributed by atoms with van der Waals surface area (Å²) in [7, 11) is 0. The van der Waals surface area contributed by atoms with Crippen molar-refractivity contribution in [3.63, 3.8) is 0 Å². The van der Waals surface area contributed by atoms with Gasteiger partial charge in [0.1, 0.15) is 15.8 Å². The lowest BCUT2D eigenvalue weighted by molar-refractivity contribution is 0.0972. The number of nitrogens with one attached hydrogen (secondary N) is 1. The fourth-order valence-electron chi connectivity index (χ4n) is 1.94. The minimum Gasteiger partial charge on any atom is -0.377 e. The summed E-state index contributed by atoms with van der Waals surface area (Å²) in [6, 6.07) is 5.23. The average molecular weight is 349 g/mol. The van der Waals surface area contributed by atoms with Crippen molar-refractivity contribution in [3.8, 4) is 0 Å². The normalized spacial score (nSPS) is 13.5. The summed E-state index contributed by atoms with van der Waals surface area (Å²) in [6.45, 7) is 1.65. The number of hydrogen-bond acceptors (Lipinski definition) is 8. The first-order valence-electron chi connectivity index (χ1n) is 6.62. The van der Waals surface area contributed by atoms with Gasteiger partial charge in [-0.05, 0) is 19.1 Å². The zero-order chi connectivity index (χ0) is 16.4. The molecule has 0 saturated carbocycles. The van der Waals surface area contributed by atoms with E-state index in [0.29, 0.717) is 27.4 Å². The number of halogens is 1. The Kier molecular flexibility index (Phi) is 4.12. The molecule has 3 rings (SSSR count). The molecule has 0 aliphatic rings. The van der Waals surface area contributed by atoms with Crippen LogP contribution in [0.5, 0.6) is 0 Å². The van der Waals surface area contributed by atoms with Crippen LogP contribution in [0.15, 0.2) is 36.0 Å². The van der Waals surface area contributed by atoms with Crippen molar-refractivity contribution < 1.29 is 5.11 Å². The quantitative estimate of drug-likeness (QED) is 0.664. The van der Waals surface area contributed by atoms with E-state index in [1.807, 2.05) is 0 Å². The van der Waals surface area contributed by atoms with E-state index in [9.17, 15) is 5.11 Å². The van der Waals surface area contributed by atoms with Crippen molar-refractivity contribution in [1.29, 1.82) is 0 Å². The van der Waals surface area contributed by atoms with Gasteiger partial charge in [0, 0.05) is 11.6 Å². The number of nitrogen functional groups attached to an aromatic ring is 1. The van der Waals surface area contributed by atoms with Crippen LogP contribution in [-0.4, -0.2) is 25.0 Å². The van der Waals surface area contributed by atoms with Gasteiger partial charge in [-0.15, -0.1) is 11.3 Å². The van der Waals surface area contributed by atoms with Gasteiger partial charge in [0.05, 0.1) is 11.9 Å². The molecule has 0 saturated heterocycles. The predicted molar refractivity (Wildman–Crippen MR) is 89.8 cm³/mol. The van der Waals surface area contributed by atoms with Gasteiger partial charge in [0.25, 0.3) is 0 Å². The maximum atomic E-state index is 10.7. The fourth-order valence-corrected chi connectivity index (χ4v) is 2.78.